The second-order valence-corrected chi connectivity index (χ2v) is 6.71. The molecule has 26 heavy (non-hydrogen) atoms. The maximum atomic E-state index is 12.6. The average Bonchev–Trinajstić information content (AvgIpc) is 3.13. The molecule has 0 bridgehead atoms. The normalized spacial score (nSPS) is 10.5. The molecule has 6 heteroatoms. The lowest BCUT2D eigenvalue weighted by Gasteiger charge is -2.10. The zero-order valence-corrected chi connectivity index (χ0v) is 15.9. The van der Waals surface area contributed by atoms with Gasteiger partial charge in [0, 0.05) is 11.1 Å². The molecule has 1 amide bonds. The fourth-order valence-electron chi connectivity index (χ4n) is 2.70. The van der Waals surface area contributed by atoms with Crippen molar-refractivity contribution in [3.05, 3.63) is 58.6 Å². The van der Waals surface area contributed by atoms with Gasteiger partial charge < -0.3 is 14.8 Å². The third-order valence-electron chi connectivity index (χ3n) is 4.00. The third-order valence-corrected chi connectivity index (χ3v) is 4.88. The molecule has 0 spiro atoms. The highest BCUT2D eigenvalue weighted by atomic mass is 32.1. The van der Waals surface area contributed by atoms with Crippen molar-refractivity contribution in [3.63, 3.8) is 0 Å². The number of amides is 1. The summed E-state index contributed by atoms with van der Waals surface area (Å²) < 4.78 is 10.8. The quantitative estimate of drug-likeness (QED) is 0.709. The highest BCUT2D eigenvalue weighted by Gasteiger charge is 2.17. The molecular formula is C20H20N2O3S. The van der Waals surface area contributed by atoms with Crippen LogP contribution in [0.15, 0.2) is 41.8 Å². The number of carbonyl (C=O) groups is 1. The second-order valence-electron chi connectivity index (χ2n) is 5.85. The van der Waals surface area contributed by atoms with Crippen molar-refractivity contribution in [2.24, 2.45) is 0 Å². The van der Waals surface area contributed by atoms with Crippen molar-refractivity contribution in [1.29, 1.82) is 0 Å². The summed E-state index contributed by atoms with van der Waals surface area (Å²) in [6.45, 7) is 3.99. The van der Waals surface area contributed by atoms with Gasteiger partial charge in [-0.25, -0.2) is 4.98 Å². The Hall–Kier alpha value is -2.86. The summed E-state index contributed by atoms with van der Waals surface area (Å²) >= 11 is 1.39. The molecule has 3 rings (SSSR count). The lowest BCUT2D eigenvalue weighted by Crippen LogP contribution is -2.13. The molecule has 0 atom stereocenters. The second kappa shape index (κ2) is 7.58. The number of aromatic nitrogens is 1. The molecule has 1 aromatic heterocycles. The number of rotatable bonds is 5. The highest BCUT2D eigenvalue weighted by Crippen LogP contribution is 2.39. The van der Waals surface area contributed by atoms with Crippen LogP contribution in [0.25, 0.3) is 10.6 Å². The van der Waals surface area contributed by atoms with Crippen LogP contribution in [0.5, 0.6) is 11.5 Å². The molecular weight excluding hydrogens is 348 g/mol. The number of aryl methyl sites for hydroxylation is 2. The van der Waals surface area contributed by atoms with Crippen LogP contribution in [-0.4, -0.2) is 25.1 Å². The maximum Gasteiger partial charge on any atom is 0.275 e. The monoisotopic (exact) mass is 368 g/mol. The Morgan fingerprint density at radius 1 is 1.12 bits per heavy atom. The molecule has 0 aliphatic carbocycles. The Labute approximate surface area is 156 Å². The number of nitrogens with zero attached hydrogens (tertiary/aromatic N) is 1. The third kappa shape index (κ3) is 3.55. The van der Waals surface area contributed by atoms with Crippen molar-refractivity contribution < 1.29 is 14.3 Å². The van der Waals surface area contributed by atoms with Crippen LogP contribution in [0.1, 0.15) is 21.6 Å². The number of para-hydroxylation sites is 1. The van der Waals surface area contributed by atoms with Crippen LogP contribution >= 0.6 is 11.3 Å². The van der Waals surface area contributed by atoms with Gasteiger partial charge in [-0.2, -0.15) is 0 Å². The lowest BCUT2D eigenvalue weighted by molar-refractivity contribution is 0.102. The molecule has 0 aliphatic rings. The summed E-state index contributed by atoms with van der Waals surface area (Å²) in [5.41, 5.74) is 4.12. The molecule has 1 heterocycles. The van der Waals surface area contributed by atoms with Crippen LogP contribution in [0.4, 0.5) is 5.69 Å². The summed E-state index contributed by atoms with van der Waals surface area (Å²) in [5.74, 6) is 0.994. The first-order valence-corrected chi connectivity index (χ1v) is 8.97. The summed E-state index contributed by atoms with van der Waals surface area (Å²) in [7, 11) is 3.18. The lowest BCUT2D eigenvalue weighted by atomic mass is 10.1. The van der Waals surface area contributed by atoms with Crippen molar-refractivity contribution in [2.45, 2.75) is 13.8 Å². The largest absolute Gasteiger partial charge is 0.493 e. The van der Waals surface area contributed by atoms with Crippen LogP contribution in [-0.2, 0) is 0 Å². The molecule has 0 radical (unpaired) electrons. The SMILES string of the molecule is COc1cccc(-c2nc(C(=O)Nc3ccc(C)cc3C)cs2)c1OC. The molecule has 0 aliphatic heterocycles. The number of thiazole rings is 1. The summed E-state index contributed by atoms with van der Waals surface area (Å²) in [6, 6.07) is 11.5. The first kappa shape index (κ1) is 17.9. The number of anilines is 1. The van der Waals surface area contributed by atoms with Gasteiger partial charge in [-0.05, 0) is 37.6 Å². The predicted molar refractivity (Wildman–Crippen MR) is 105 cm³/mol. The van der Waals surface area contributed by atoms with Crippen molar-refractivity contribution >= 4 is 22.9 Å². The van der Waals surface area contributed by atoms with Crippen LogP contribution in [0, 0.1) is 13.8 Å². The average molecular weight is 368 g/mol. The van der Waals surface area contributed by atoms with E-state index in [0.717, 1.165) is 22.4 Å². The van der Waals surface area contributed by atoms with E-state index in [1.165, 1.54) is 11.3 Å². The number of benzene rings is 2. The minimum Gasteiger partial charge on any atom is -0.493 e. The summed E-state index contributed by atoms with van der Waals surface area (Å²) in [5, 5.41) is 5.36. The fourth-order valence-corrected chi connectivity index (χ4v) is 3.52. The number of nitrogens with one attached hydrogen (secondary N) is 1. The van der Waals surface area contributed by atoms with E-state index in [2.05, 4.69) is 10.3 Å². The molecule has 134 valence electrons. The van der Waals surface area contributed by atoms with Crippen LogP contribution in [0.3, 0.4) is 0 Å². The van der Waals surface area contributed by atoms with E-state index in [0.29, 0.717) is 22.2 Å². The van der Waals surface area contributed by atoms with Gasteiger partial charge in [0.15, 0.2) is 11.5 Å². The first-order valence-electron chi connectivity index (χ1n) is 8.09. The smallest absolute Gasteiger partial charge is 0.275 e. The number of ether oxygens (including phenoxy) is 2. The topological polar surface area (TPSA) is 60.5 Å². The van der Waals surface area contributed by atoms with E-state index in [4.69, 9.17) is 9.47 Å². The maximum absolute atomic E-state index is 12.6. The van der Waals surface area contributed by atoms with Gasteiger partial charge in [-0.3, -0.25) is 4.79 Å². The Bertz CT molecular complexity index is 950. The zero-order valence-electron chi connectivity index (χ0n) is 15.1. The molecule has 0 saturated carbocycles. The van der Waals surface area contributed by atoms with Gasteiger partial charge in [0.05, 0.1) is 19.8 Å². The van der Waals surface area contributed by atoms with Crippen molar-refractivity contribution in [2.75, 3.05) is 19.5 Å². The first-order chi connectivity index (χ1) is 12.5. The van der Waals surface area contributed by atoms with E-state index < -0.39 is 0 Å². The highest BCUT2D eigenvalue weighted by molar-refractivity contribution is 7.13. The minimum atomic E-state index is -0.235. The van der Waals surface area contributed by atoms with E-state index in [1.807, 2.05) is 50.2 Å². The predicted octanol–water partition coefficient (Wildman–Crippen LogP) is 4.70. The minimum absolute atomic E-state index is 0.235. The van der Waals surface area contributed by atoms with Gasteiger partial charge >= 0.3 is 0 Å². The molecule has 0 fully saturated rings. The Morgan fingerprint density at radius 2 is 1.92 bits per heavy atom. The Morgan fingerprint density at radius 3 is 2.62 bits per heavy atom. The van der Waals surface area contributed by atoms with Crippen LogP contribution in [0.2, 0.25) is 0 Å². The standard InChI is InChI=1S/C20H20N2O3S/c1-12-8-9-15(13(2)10-12)21-19(23)16-11-26-20(22-16)14-6-5-7-17(24-3)18(14)25-4/h5-11H,1-4H3,(H,21,23). The van der Waals surface area contributed by atoms with Gasteiger partial charge in [-0.15, -0.1) is 11.3 Å². The molecule has 1 N–H and O–H groups in total. The van der Waals surface area contributed by atoms with Crippen molar-refractivity contribution in [3.8, 4) is 22.1 Å². The zero-order chi connectivity index (χ0) is 18.7. The number of methoxy groups -OCH3 is 2. The fraction of sp³-hybridized carbons (Fsp3) is 0.200. The summed E-state index contributed by atoms with van der Waals surface area (Å²) in [4.78, 5) is 17.0. The van der Waals surface area contributed by atoms with Gasteiger partial charge in [0.25, 0.3) is 5.91 Å². The molecule has 3 aromatic rings. The Kier molecular flexibility index (Phi) is 5.23. The Balaban J connectivity index is 1.87. The number of hydrogen-bond donors (Lipinski definition) is 1. The molecule has 2 aromatic carbocycles. The van der Waals surface area contributed by atoms with Crippen LogP contribution < -0.4 is 14.8 Å². The van der Waals surface area contributed by atoms with Crippen molar-refractivity contribution in [1.82, 2.24) is 4.98 Å². The van der Waals surface area contributed by atoms with E-state index in [1.54, 1.807) is 19.6 Å². The number of carbonyl (C=O) groups excluding carboxylic acids is 1. The van der Waals surface area contributed by atoms with E-state index in [9.17, 15) is 4.79 Å². The van der Waals surface area contributed by atoms with E-state index >= 15 is 0 Å². The van der Waals surface area contributed by atoms with Gasteiger partial charge in [0.2, 0.25) is 0 Å². The molecule has 0 saturated heterocycles. The summed E-state index contributed by atoms with van der Waals surface area (Å²) in [6.07, 6.45) is 0. The van der Waals surface area contributed by atoms with E-state index in [-0.39, 0.29) is 5.91 Å². The number of hydrogen-bond acceptors (Lipinski definition) is 5. The van der Waals surface area contributed by atoms with Gasteiger partial charge in [0.1, 0.15) is 10.7 Å². The molecule has 5 nitrogen and oxygen atoms in total. The molecule has 0 unspecified atom stereocenters. The van der Waals surface area contributed by atoms with Gasteiger partial charge in [-0.1, -0.05) is 23.8 Å².